The number of aliphatic hydroxyl groups excluding tert-OH is 1. The largest absolute Gasteiger partial charge is 0.396 e. The molecule has 86 valence electrons. The third-order valence-electron chi connectivity index (χ3n) is 2.34. The molecule has 0 aromatic heterocycles. The Morgan fingerprint density at radius 2 is 2.00 bits per heavy atom. The highest BCUT2D eigenvalue weighted by molar-refractivity contribution is 4.70. The van der Waals surface area contributed by atoms with Gasteiger partial charge in [0.1, 0.15) is 0 Å². The molecule has 0 bridgehead atoms. The minimum Gasteiger partial charge on any atom is -0.396 e. The Labute approximate surface area is 87.8 Å². The first kappa shape index (κ1) is 13.9. The van der Waals surface area contributed by atoms with Gasteiger partial charge in [-0.2, -0.15) is 0 Å². The second-order valence-electron chi connectivity index (χ2n) is 4.51. The standard InChI is InChI=1S/C11H25NO2/c1-11(2,6-8-13)10-12-7-4-5-9-14-3/h12-13H,4-10H2,1-3H3. The number of ether oxygens (including phenoxy) is 1. The Morgan fingerprint density at radius 3 is 2.57 bits per heavy atom. The van der Waals surface area contributed by atoms with Crippen molar-refractivity contribution in [2.75, 3.05) is 33.4 Å². The van der Waals surface area contributed by atoms with Crippen molar-refractivity contribution in [2.45, 2.75) is 33.1 Å². The van der Waals surface area contributed by atoms with Crippen LogP contribution in [0.15, 0.2) is 0 Å². The van der Waals surface area contributed by atoms with Gasteiger partial charge in [0.15, 0.2) is 0 Å². The molecule has 0 spiro atoms. The van der Waals surface area contributed by atoms with Gasteiger partial charge in [-0.15, -0.1) is 0 Å². The summed E-state index contributed by atoms with van der Waals surface area (Å²) < 4.78 is 4.97. The highest BCUT2D eigenvalue weighted by atomic mass is 16.5. The summed E-state index contributed by atoms with van der Waals surface area (Å²) in [6, 6.07) is 0. The van der Waals surface area contributed by atoms with Gasteiger partial charge in [0, 0.05) is 26.9 Å². The predicted molar refractivity (Wildman–Crippen MR) is 59.5 cm³/mol. The van der Waals surface area contributed by atoms with Crippen molar-refractivity contribution >= 4 is 0 Å². The molecule has 0 aromatic rings. The van der Waals surface area contributed by atoms with Gasteiger partial charge in [-0.25, -0.2) is 0 Å². The summed E-state index contributed by atoms with van der Waals surface area (Å²) in [5.41, 5.74) is 0.204. The molecule has 0 amide bonds. The van der Waals surface area contributed by atoms with Gasteiger partial charge in [-0.05, 0) is 31.2 Å². The zero-order valence-electron chi connectivity index (χ0n) is 9.81. The van der Waals surface area contributed by atoms with Gasteiger partial charge in [-0.3, -0.25) is 0 Å². The number of hydrogen-bond acceptors (Lipinski definition) is 3. The van der Waals surface area contributed by atoms with E-state index in [1.807, 2.05) is 0 Å². The molecule has 0 fully saturated rings. The van der Waals surface area contributed by atoms with Crippen LogP contribution in [0.4, 0.5) is 0 Å². The van der Waals surface area contributed by atoms with Crippen molar-refractivity contribution in [3.05, 3.63) is 0 Å². The number of aliphatic hydroxyl groups is 1. The van der Waals surface area contributed by atoms with Crippen molar-refractivity contribution in [2.24, 2.45) is 5.41 Å². The van der Waals surface area contributed by atoms with Gasteiger partial charge < -0.3 is 15.2 Å². The number of hydrogen-bond donors (Lipinski definition) is 2. The minimum atomic E-state index is 0.204. The number of nitrogens with one attached hydrogen (secondary N) is 1. The fraction of sp³-hybridized carbons (Fsp3) is 1.00. The smallest absolute Gasteiger partial charge is 0.0462 e. The molecule has 0 saturated carbocycles. The lowest BCUT2D eigenvalue weighted by molar-refractivity contribution is 0.190. The van der Waals surface area contributed by atoms with E-state index in [1.54, 1.807) is 7.11 Å². The van der Waals surface area contributed by atoms with Crippen LogP contribution in [0, 0.1) is 5.41 Å². The maximum Gasteiger partial charge on any atom is 0.0462 e. The zero-order valence-corrected chi connectivity index (χ0v) is 9.81. The summed E-state index contributed by atoms with van der Waals surface area (Å²) >= 11 is 0. The fourth-order valence-corrected chi connectivity index (χ4v) is 1.31. The molecule has 0 aliphatic carbocycles. The molecule has 0 atom stereocenters. The van der Waals surface area contributed by atoms with E-state index in [0.29, 0.717) is 0 Å². The van der Waals surface area contributed by atoms with Crippen LogP contribution in [0.2, 0.25) is 0 Å². The fourth-order valence-electron chi connectivity index (χ4n) is 1.31. The van der Waals surface area contributed by atoms with Crippen LogP contribution in [0.5, 0.6) is 0 Å². The first-order chi connectivity index (χ1) is 6.62. The average molecular weight is 203 g/mol. The normalized spacial score (nSPS) is 12.0. The van der Waals surface area contributed by atoms with Crippen LogP contribution in [-0.4, -0.2) is 38.5 Å². The Hall–Kier alpha value is -0.120. The van der Waals surface area contributed by atoms with Crippen LogP contribution >= 0.6 is 0 Å². The molecule has 2 N–H and O–H groups in total. The number of rotatable bonds is 9. The maximum atomic E-state index is 8.83. The SMILES string of the molecule is COCCCCNCC(C)(C)CCO. The van der Waals surface area contributed by atoms with Gasteiger partial charge >= 0.3 is 0 Å². The second-order valence-corrected chi connectivity index (χ2v) is 4.51. The lowest BCUT2D eigenvalue weighted by Crippen LogP contribution is -2.30. The van der Waals surface area contributed by atoms with Crippen molar-refractivity contribution in [3.63, 3.8) is 0 Å². The summed E-state index contributed by atoms with van der Waals surface area (Å²) in [6.45, 7) is 7.48. The number of methoxy groups -OCH3 is 1. The zero-order chi connectivity index (χ0) is 10.9. The summed E-state index contributed by atoms with van der Waals surface area (Å²) in [7, 11) is 1.73. The lowest BCUT2D eigenvalue weighted by atomic mass is 9.90. The Balaban J connectivity index is 3.26. The molecule has 0 aliphatic heterocycles. The van der Waals surface area contributed by atoms with E-state index in [1.165, 1.54) is 0 Å². The molecule has 3 heteroatoms. The maximum absolute atomic E-state index is 8.83. The van der Waals surface area contributed by atoms with Crippen LogP contribution in [0.3, 0.4) is 0 Å². The number of unbranched alkanes of at least 4 members (excludes halogenated alkanes) is 1. The van der Waals surface area contributed by atoms with Crippen LogP contribution in [0.25, 0.3) is 0 Å². The molecule has 0 saturated heterocycles. The van der Waals surface area contributed by atoms with E-state index in [9.17, 15) is 0 Å². The third-order valence-corrected chi connectivity index (χ3v) is 2.34. The third kappa shape index (κ3) is 8.48. The highest BCUT2D eigenvalue weighted by Crippen LogP contribution is 2.17. The first-order valence-electron chi connectivity index (χ1n) is 5.43. The summed E-state index contributed by atoms with van der Waals surface area (Å²) in [5.74, 6) is 0. The van der Waals surface area contributed by atoms with Crippen molar-refractivity contribution in [1.29, 1.82) is 0 Å². The highest BCUT2D eigenvalue weighted by Gasteiger charge is 2.15. The first-order valence-corrected chi connectivity index (χ1v) is 5.43. The molecular formula is C11H25NO2. The van der Waals surface area contributed by atoms with Gasteiger partial charge in [0.2, 0.25) is 0 Å². The van der Waals surface area contributed by atoms with Crippen molar-refractivity contribution < 1.29 is 9.84 Å². The Kier molecular flexibility index (Phi) is 8.14. The predicted octanol–water partition coefficient (Wildman–Crippen LogP) is 1.41. The quantitative estimate of drug-likeness (QED) is 0.557. The molecule has 0 rings (SSSR count). The van der Waals surface area contributed by atoms with Crippen LogP contribution in [-0.2, 0) is 4.74 Å². The van der Waals surface area contributed by atoms with E-state index < -0.39 is 0 Å². The van der Waals surface area contributed by atoms with E-state index >= 15 is 0 Å². The summed E-state index contributed by atoms with van der Waals surface area (Å²) in [6.07, 6.45) is 3.13. The Morgan fingerprint density at radius 1 is 1.29 bits per heavy atom. The molecular weight excluding hydrogens is 178 g/mol. The monoisotopic (exact) mass is 203 g/mol. The molecule has 0 heterocycles. The van der Waals surface area contributed by atoms with E-state index in [2.05, 4.69) is 19.2 Å². The molecule has 3 nitrogen and oxygen atoms in total. The van der Waals surface area contributed by atoms with E-state index in [4.69, 9.17) is 9.84 Å². The van der Waals surface area contributed by atoms with Gasteiger partial charge in [0.05, 0.1) is 0 Å². The topological polar surface area (TPSA) is 41.5 Å². The van der Waals surface area contributed by atoms with Crippen molar-refractivity contribution in [1.82, 2.24) is 5.32 Å². The van der Waals surface area contributed by atoms with Gasteiger partial charge in [-0.1, -0.05) is 13.8 Å². The second kappa shape index (κ2) is 8.21. The Bertz CT molecular complexity index is 126. The van der Waals surface area contributed by atoms with Crippen LogP contribution < -0.4 is 5.32 Å². The van der Waals surface area contributed by atoms with Crippen LogP contribution in [0.1, 0.15) is 33.1 Å². The average Bonchev–Trinajstić information content (AvgIpc) is 2.11. The minimum absolute atomic E-state index is 0.204. The molecule has 0 unspecified atom stereocenters. The molecule has 0 aliphatic rings. The summed E-state index contributed by atoms with van der Waals surface area (Å²) in [4.78, 5) is 0. The lowest BCUT2D eigenvalue weighted by Gasteiger charge is -2.23. The van der Waals surface area contributed by atoms with E-state index in [0.717, 1.165) is 39.0 Å². The van der Waals surface area contributed by atoms with Crippen molar-refractivity contribution in [3.8, 4) is 0 Å². The molecule has 0 radical (unpaired) electrons. The molecule has 14 heavy (non-hydrogen) atoms. The van der Waals surface area contributed by atoms with Gasteiger partial charge in [0.25, 0.3) is 0 Å². The molecule has 0 aromatic carbocycles. The summed E-state index contributed by atoms with van der Waals surface area (Å²) in [5, 5.41) is 12.2. The van der Waals surface area contributed by atoms with E-state index in [-0.39, 0.29) is 12.0 Å².